The average Bonchev–Trinajstić information content (AvgIpc) is 3.27. The lowest BCUT2D eigenvalue weighted by Crippen LogP contribution is -2.43. The van der Waals surface area contributed by atoms with Crippen molar-refractivity contribution in [1.29, 1.82) is 5.26 Å². The van der Waals surface area contributed by atoms with Gasteiger partial charge in [-0.25, -0.2) is 9.48 Å². The maximum absolute atomic E-state index is 12.5. The summed E-state index contributed by atoms with van der Waals surface area (Å²) in [5.41, 5.74) is 10.4. The van der Waals surface area contributed by atoms with Crippen molar-refractivity contribution in [3.05, 3.63) is 53.3 Å². The molecule has 0 unspecified atom stereocenters. The number of hydrogen-bond acceptors (Lipinski definition) is 6. The summed E-state index contributed by atoms with van der Waals surface area (Å²) < 4.78 is 9.26. The molecule has 2 aliphatic carbocycles. The van der Waals surface area contributed by atoms with Crippen molar-refractivity contribution < 1.29 is 9.53 Å². The topological polar surface area (TPSA) is 115 Å². The standard InChI is InChI=1S/C29H35N7O2/c1-28(2,3)38-27(37)34-10-9-29(18-34)12-23(13-29)36-26(31)24(14-30)25(33-36)22-15-32-35(17-22)16-19-5-4-6-21(11-19)20-7-8-20/h4-6,11,15,17,20,23H,7-10,12-13,16,18,31H2,1-3H3. The van der Waals surface area contributed by atoms with E-state index in [1.54, 1.807) is 6.20 Å². The monoisotopic (exact) mass is 513 g/mol. The third-order valence-corrected chi connectivity index (χ3v) is 8.08. The Bertz CT molecular complexity index is 1410. The first-order valence-electron chi connectivity index (χ1n) is 13.5. The summed E-state index contributed by atoms with van der Waals surface area (Å²) in [7, 11) is 0. The number of ether oxygens (including phenoxy) is 1. The number of aromatic nitrogens is 4. The third kappa shape index (κ3) is 4.64. The van der Waals surface area contributed by atoms with Crippen LogP contribution in [0.25, 0.3) is 11.3 Å². The van der Waals surface area contributed by atoms with Crippen LogP contribution in [0.3, 0.4) is 0 Å². The maximum atomic E-state index is 12.5. The van der Waals surface area contributed by atoms with E-state index in [0.717, 1.165) is 24.8 Å². The maximum Gasteiger partial charge on any atom is 0.410 e. The van der Waals surface area contributed by atoms with Crippen LogP contribution in [0.4, 0.5) is 10.6 Å². The van der Waals surface area contributed by atoms with Crippen molar-refractivity contribution in [2.75, 3.05) is 18.8 Å². The summed E-state index contributed by atoms with van der Waals surface area (Å²) >= 11 is 0. The molecule has 198 valence electrons. The van der Waals surface area contributed by atoms with Gasteiger partial charge in [0.05, 0.1) is 18.8 Å². The van der Waals surface area contributed by atoms with Crippen molar-refractivity contribution in [2.45, 2.75) is 77.0 Å². The molecule has 0 atom stereocenters. The second kappa shape index (κ2) is 8.90. The van der Waals surface area contributed by atoms with Gasteiger partial charge in [-0.1, -0.05) is 24.3 Å². The fourth-order valence-corrected chi connectivity index (χ4v) is 6.02. The predicted molar refractivity (Wildman–Crippen MR) is 143 cm³/mol. The minimum Gasteiger partial charge on any atom is -0.444 e. The van der Waals surface area contributed by atoms with E-state index in [4.69, 9.17) is 15.6 Å². The van der Waals surface area contributed by atoms with Crippen molar-refractivity contribution in [3.63, 3.8) is 0 Å². The van der Waals surface area contributed by atoms with Gasteiger partial charge in [-0.05, 0) is 75.3 Å². The van der Waals surface area contributed by atoms with Gasteiger partial charge in [-0.3, -0.25) is 4.68 Å². The lowest BCUT2D eigenvalue weighted by atomic mass is 9.65. The highest BCUT2D eigenvalue weighted by molar-refractivity contribution is 5.72. The van der Waals surface area contributed by atoms with E-state index in [1.165, 1.54) is 24.0 Å². The summed E-state index contributed by atoms with van der Waals surface area (Å²) in [4.78, 5) is 14.3. The molecule has 6 rings (SSSR count). The molecule has 9 nitrogen and oxygen atoms in total. The Morgan fingerprint density at radius 3 is 2.79 bits per heavy atom. The van der Waals surface area contributed by atoms with Crippen molar-refractivity contribution >= 4 is 11.9 Å². The molecule has 1 aromatic carbocycles. The molecule has 2 saturated carbocycles. The van der Waals surface area contributed by atoms with Crippen LogP contribution in [0, 0.1) is 16.7 Å². The fourth-order valence-electron chi connectivity index (χ4n) is 6.02. The fraction of sp³-hybridized carbons (Fsp3) is 0.517. The van der Waals surface area contributed by atoms with E-state index >= 15 is 0 Å². The lowest BCUT2D eigenvalue weighted by molar-refractivity contribution is 0.0188. The Morgan fingerprint density at radius 2 is 2.08 bits per heavy atom. The molecule has 0 radical (unpaired) electrons. The number of hydrogen-bond donors (Lipinski definition) is 1. The van der Waals surface area contributed by atoms with Crippen LogP contribution in [-0.2, 0) is 11.3 Å². The number of amides is 1. The van der Waals surface area contributed by atoms with E-state index in [0.29, 0.717) is 42.6 Å². The smallest absolute Gasteiger partial charge is 0.410 e. The van der Waals surface area contributed by atoms with Crippen LogP contribution < -0.4 is 5.73 Å². The summed E-state index contributed by atoms with van der Waals surface area (Å²) in [5.74, 6) is 1.11. The molecule has 3 heterocycles. The molecular weight excluding hydrogens is 478 g/mol. The van der Waals surface area contributed by atoms with Crippen LogP contribution in [0.1, 0.15) is 81.5 Å². The van der Waals surface area contributed by atoms with Gasteiger partial charge < -0.3 is 15.4 Å². The zero-order valence-electron chi connectivity index (χ0n) is 22.4. The summed E-state index contributed by atoms with van der Waals surface area (Å²) in [6.07, 6.45) is 8.70. The van der Waals surface area contributed by atoms with E-state index in [-0.39, 0.29) is 17.6 Å². The molecule has 38 heavy (non-hydrogen) atoms. The molecule has 1 amide bonds. The van der Waals surface area contributed by atoms with Gasteiger partial charge in [0.1, 0.15) is 28.7 Å². The van der Waals surface area contributed by atoms with Crippen LogP contribution >= 0.6 is 0 Å². The summed E-state index contributed by atoms with van der Waals surface area (Å²) in [6.45, 7) is 7.71. The third-order valence-electron chi connectivity index (χ3n) is 8.08. The Hall–Kier alpha value is -3.80. The van der Waals surface area contributed by atoms with Gasteiger partial charge in [0.2, 0.25) is 0 Å². The first-order chi connectivity index (χ1) is 18.1. The number of nitrogens with zero attached hydrogens (tertiary/aromatic N) is 6. The normalized spacial score (nSPS) is 22.9. The zero-order chi connectivity index (χ0) is 26.7. The van der Waals surface area contributed by atoms with Crippen molar-refractivity contribution in [1.82, 2.24) is 24.5 Å². The van der Waals surface area contributed by atoms with E-state index in [9.17, 15) is 10.1 Å². The molecule has 1 saturated heterocycles. The van der Waals surface area contributed by atoms with Gasteiger partial charge in [0.15, 0.2) is 0 Å². The molecule has 3 aromatic rings. The Kier molecular flexibility index (Phi) is 5.74. The number of rotatable bonds is 5. The zero-order valence-corrected chi connectivity index (χ0v) is 22.4. The largest absolute Gasteiger partial charge is 0.444 e. The summed E-state index contributed by atoms with van der Waals surface area (Å²) in [5, 5.41) is 19.3. The van der Waals surface area contributed by atoms with Gasteiger partial charge in [0.25, 0.3) is 0 Å². The average molecular weight is 514 g/mol. The molecule has 3 aliphatic rings. The molecule has 3 fully saturated rings. The minimum absolute atomic E-state index is 0.0623. The predicted octanol–water partition coefficient (Wildman–Crippen LogP) is 5.09. The van der Waals surface area contributed by atoms with Crippen LogP contribution in [-0.4, -0.2) is 49.2 Å². The number of nitrogens with two attached hydrogens (primary N) is 1. The number of anilines is 1. The molecular formula is C29H35N7O2. The first kappa shape index (κ1) is 24.5. The molecule has 1 aliphatic heterocycles. The first-order valence-corrected chi connectivity index (χ1v) is 13.5. The highest BCUT2D eigenvalue weighted by Crippen LogP contribution is 2.55. The highest BCUT2D eigenvalue weighted by atomic mass is 16.6. The quantitative estimate of drug-likeness (QED) is 0.508. The van der Waals surface area contributed by atoms with E-state index in [2.05, 4.69) is 35.4 Å². The number of likely N-dealkylation sites (tertiary alicyclic amines) is 1. The number of carbonyl (C=O) groups excluding carboxylic acids is 1. The highest BCUT2D eigenvalue weighted by Gasteiger charge is 2.51. The van der Waals surface area contributed by atoms with Crippen LogP contribution in [0.5, 0.6) is 0 Å². The molecule has 0 bridgehead atoms. The SMILES string of the molecule is CC(C)(C)OC(=O)N1CCC2(CC(n3nc(-c4cnn(Cc5cccc(C6CC6)c5)c4)c(C#N)c3N)C2)C1. The Labute approximate surface area is 223 Å². The molecule has 2 N–H and O–H groups in total. The van der Waals surface area contributed by atoms with E-state index in [1.807, 2.05) is 41.2 Å². The van der Waals surface area contributed by atoms with Crippen LogP contribution in [0.2, 0.25) is 0 Å². The minimum atomic E-state index is -0.503. The number of carbonyl (C=O) groups is 1. The second-order valence-corrected chi connectivity index (χ2v) is 12.3. The number of nitriles is 1. The van der Waals surface area contributed by atoms with Crippen LogP contribution in [0.15, 0.2) is 36.7 Å². The Balaban J connectivity index is 1.15. The second-order valence-electron chi connectivity index (χ2n) is 12.3. The summed E-state index contributed by atoms with van der Waals surface area (Å²) in [6, 6.07) is 11.1. The number of nitrogen functional groups attached to an aromatic ring is 1. The van der Waals surface area contributed by atoms with Gasteiger partial charge >= 0.3 is 6.09 Å². The lowest BCUT2D eigenvalue weighted by Gasteiger charge is -2.45. The van der Waals surface area contributed by atoms with Gasteiger partial charge in [-0.15, -0.1) is 0 Å². The molecule has 9 heteroatoms. The number of benzene rings is 1. The van der Waals surface area contributed by atoms with Crippen molar-refractivity contribution in [2.24, 2.45) is 5.41 Å². The van der Waals surface area contributed by atoms with Gasteiger partial charge in [0, 0.05) is 24.8 Å². The van der Waals surface area contributed by atoms with Crippen molar-refractivity contribution in [3.8, 4) is 17.3 Å². The Morgan fingerprint density at radius 1 is 1.29 bits per heavy atom. The molecule has 2 aromatic heterocycles. The van der Waals surface area contributed by atoms with Gasteiger partial charge in [-0.2, -0.15) is 15.5 Å². The molecule has 1 spiro atoms. The van der Waals surface area contributed by atoms with E-state index < -0.39 is 5.60 Å².